The molecule has 0 aliphatic carbocycles. The molecule has 1 N–H and O–H groups in total. The van der Waals surface area contributed by atoms with Crippen LogP contribution < -0.4 is 5.43 Å². The number of nitrogens with zero attached hydrogens (tertiary/aromatic N) is 4. The van der Waals surface area contributed by atoms with Crippen molar-refractivity contribution in [2.24, 2.45) is 5.10 Å². The highest BCUT2D eigenvalue weighted by atomic mass is 32.1. The lowest BCUT2D eigenvalue weighted by atomic mass is 10.1. The van der Waals surface area contributed by atoms with Gasteiger partial charge in [0.15, 0.2) is 0 Å². The number of thiazole rings is 1. The summed E-state index contributed by atoms with van der Waals surface area (Å²) in [5.41, 5.74) is 6.22. The van der Waals surface area contributed by atoms with Gasteiger partial charge in [-0.05, 0) is 19.1 Å². The summed E-state index contributed by atoms with van der Waals surface area (Å²) in [5, 5.41) is 22.1. The van der Waals surface area contributed by atoms with Gasteiger partial charge in [-0.1, -0.05) is 42.5 Å². The van der Waals surface area contributed by atoms with Crippen molar-refractivity contribution in [3.8, 4) is 34.0 Å². The first-order valence-electron chi connectivity index (χ1n) is 7.48. The van der Waals surface area contributed by atoms with Crippen LogP contribution in [0, 0.1) is 29.6 Å². The summed E-state index contributed by atoms with van der Waals surface area (Å²) in [5.74, 6) is 0. The second kappa shape index (κ2) is 7.39. The van der Waals surface area contributed by atoms with E-state index in [4.69, 9.17) is 15.5 Å². The van der Waals surface area contributed by atoms with Crippen LogP contribution in [-0.4, -0.2) is 10.7 Å². The van der Waals surface area contributed by atoms with Crippen molar-refractivity contribution in [3.05, 3.63) is 59.5 Å². The fourth-order valence-corrected chi connectivity index (χ4v) is 3.23. The lowest BCUT2D eigenvalue weighted by Crippen LogP contribution is -1.96. The van der Waals surface area contributed by atoms with E-state index in [1.54, 1.807) is 23.5 Å². The van der Waals surface area contributed by atoms with Gasteiger partial charge >= 0.3 is 0 Å². The molecule has 0 atom stereocenters. The van der Waals surface area contributed by atoms with E-state index in [1.165, 1.54) is 0 Å². The Morgan fingerprint density at radius 1 is 1.04 bits per heavy atom. The molecule has 1 aromatic heterocycles. The molecule has 0 aliphatic heterocycles. The maximum Gasteiger partial charge on any atom is 0.237 e. The SMILES string of the molecule is Cc1sc(-c2cccc(NN=C(C#N)C#N)c2)nc1-c1ccccc1. The van der Waals surface area contributed by atoms with Gasteiger partial charge in [-0.15, -0.1) is 11.3 Å². The van der Waals surface area contributed by atoms with Crippen LogP contribution in [0.1, 0.15) is 4.88 Å². The van der Waals surface area contributed by atoms with E-state index in [1.807, 2.05) is 54.6 Å². The van der Waals surface area contributed by atoms with Gasteiger partial charge in [0, 0.05) is 16.0 Å². The standard InChI is InChI=1S/C19H13N5S/c1-13-18(14-6-3-2-4-7-14)22-19(25-13)15-8-5-9-16(10-15)23-24-17(11-20)12-21/h2-10,23H,1H3. The predicted octanol–water partition coefficient (Wildman–Crippen LogP) is 4.60. The first-order chi connectivity index (χ1) is 12.2. The quantitative estimate of drug-likeness (QED) is 0.554. The Bertz CT molecular complexity index is 990. The third-order valence-corrected chi connectivity index (χ3v) is 4.48. The molecule has 0 saturated carbocycles. The van der Waals surface area contributed by atoms with E-state index in [0.717, 1.165) is 26.7 Å². The third kappa shape index (κ3) is 3.72. The van der Waals surface area contributed by atoms with Crippen molar-refractivity contribution in [1.82, 2.24) is 4.98 Å². The van der Waals surface area contributed by atoms with E-state index in [0.29, 0.717) is 5.69 Å². The second-order valence-corrected chi connectivity index (χ2v) is 6.37. The number of nitriles is 2. The number of rotatable bonds is 4. The monoisotopic (exact) mass is 343 g/mol. The first kappa shape index (κ1) is 16.4. The molecule has 5 nitrogen and oxygen atoms in total. The zero-order valence-electron chi connectivity index (χ0n) is 13.4. The largest absolute Gasteiger partial charge is 0.276 e. The molecule has 0 spiro atoms. The average Bonchev–Trinajstić information content (AvgIpc) is 3.05. The van der Waals surface area contributed by atoms with Crippen molar-refractivity contribution in [2.75, 3.05) is 5.43 Å². The molecular formula is C19H13N5S. The van der Waals surface area contributed by atoms with Gasteiger partial charge in [-0.3, -0.25) is 5.43 Å². The third-order valence-electron chi connectivity index (χ3n) is 3.46. The van der Waals surface area contributed by atoms with Crippen molar-refractivity contribution in [3.63, 3.8) is 0 Å². The number of hydrazone groups is 1. The molecule has 0 saturated heterocycles. The van der Waals surface area contributed by atoms with Crippen molar-refractivity contribution >= 4 is 22.7 Å². The molecule has 0 bridgehead atoms. The number of benzene rings is 2. The zero-order valence-corrected chi connectivity index (χ0v) is 14.2. The normalized spacial score (nSPS) is 9.72. The lowest BCUT2D eigenvalue weighted by Gasteiger charge is -2.02. The van der Waals surface area contributed by atoms with Gasteiger partial charge in [-0.2, -0.15) is 15.6 Å². The number of anilines is 1. The van der Waals surface area contributed by atoms with Gasteiger partial charge in [0.2, 0.25) is 5.71 Å². The molecule has 2 aromatic carbocycles. The van der Waals surface area contributed by atoms with E-state index >= 15 is 0 Å². The van der Waals surface area contributed by atoms with Crippen LogP contribution in [0.2, 0.25) is 0 Å². The molecule has 0 amide bonds. The number of hydrogen-bond donors (Lipinski definition) is 1. The minimum absolute atomic E-state index is 0.221. The Labute approximate surface area is 149 Å². The van der Waals surface area contributed by atoms with Crippen LogP contribution in [0.15, 0.2) is 59.7 Å². The first-order valence-corrected chi connectivity index (χ1v) is 8.30. The Balaban J connectivity index is 1.91. The van der Waals surface area contributed by atoms with E-state index in [-0.39, 0.29) is 5.71 Å². The molecular weight excluding hydrogens is 330 g/mol. The zero-order chi connectivity index (χ0) is 17.6. The van der Waals surface area contributed by atoms with Crippen molar-refractivity contribution < 1.29 is 0 Å². The molecule has 25 heavy (non-hydrogen) atoms. The molecule has 0 radical (unpaired) electrons. The predicted molar refractivity (Wildman–Crippen MR) is 100 cm³/mol. The average molecular weight is 343 g/mol. The van der Waals surface area contributed by atoms with Crippen LogP contribution in [0.3, 0.4) is 0 Å². The van der Waals surface area contributed by atoms with E-state index in [2.05, 4.69) is 17.5 Å². The maximum absolute atomic E-state index is 8.73. The Hall–Kier alpha value is -3.48. The highest BCUT2D eigenvalue weighted by Gasteiger charge is 2.11. The highest BCUT2D eigenvalue weighted by molar-refractivity contribution is 7.15. The molecule has 0 fully saturated rings. The summed E-state index contributed by atoms with van der Waals surface area (Å²) < 4.78 is 0. The van der Waals surface area contributed by atoms with Gasteiger partial charge in [0.25, 0.3) is 0 Å². The van der Waals surface area contributed by atoms with Crippen LogP contribution >= 0.6 is 11.3 Å². The molecule has 3 aromatic rings. The van der Waals surface area contributed by atoms with Crippen LogP contribution in [0.4, 0.5) is 5.69 Å². The smallest absolute Gasteiger partial charge is 0.237 e. The summed E-state index contributed by atoms with van der Waals surface area (Å²) >= 11 is 1.62. The maximum atomic E-state index is 8.73. The molecule has 6 heteroatoms. The van der Waals surface area contributed by atoms with E-state index in [9.17, 15) is 0 Å². The minimum Gasteiger partial charge on any atom is -0.276 e. The number of nitrogens with one attached hydrogen (secondary N) is 1. The van der Waals surface area contributed by atoms with E-state index < -0.39 is 0 Å². The fraction of sp³-hybridized carbons (Fsp3) is 0.0526. The number of aromatic nitrogens is 1. The molecule has 120 valence electrons. The summed E-state index contributed by atoms with van der Waals surface area (Å²) in [4.78, 5) is 5.92. The Morgan fingerprint density at radius 3 is 2.48 bits per heavy atom. The van der Waals surface area contributed by atoms with Gasteiger partial charge in [-0.25, -0.2) is 4.98 Å². The molecule has 0 unspecified atom stereocenters. The lowest BCUT2D eigenvalue weighted by molar-refractivity contribution is 1.33. The van der Waals surface area contributed by atoms with Gasteiger partial charge in [0.05, 0.1) is 11.4 Å². The van der Waals surface area contributed by atoms with Crippen LogP contribution in [-0.2, 0) is 0 Å². The Kier molecular flexibility index (Phi) is 4.84. The van der Waals surface area contributed by atoms with Gasteiger partial charge in [0.1, 0.15) is 17.1 Å². The number of aryl methyl sites for hydroxylation is 1. The van der Waals surface area contributed by atoms with Crippen molar-refractivity contribution in [2.45, 2.75) is 6.92 Å². The summed E-state index contributed by atoms with van der Waals surface area (Å²) in [7, 11) is 0. The molecule has 3 rings (SSSR count). The summed E-state index contributed by atoms with van der Waals surface area (Å²) in [6.45, 7) is 2.06. The number of hydrogen-bond acceptors (Lipinski definition) is 6. The Morgan fingerprint density at radius 2 is 1.76 bits per heavy atom. The summed E-state index contributed by atoms with van der Waals surface area (Å²) in [6, 6.07) is 21.1. The highest BCUT2D eigenvalue weighted by Crippen LogP contribution is 2.33. The minimum atomic E-state index is -0.221. The van der Waals surface area contributed by atoms with Crippen LogP contribution in [0.25, 0.3) is 21.8 Å². The van der Waals surface area contributed by atoms with Crippen LogP contribution in [0.5, 0.6) is 0 Å². The molecule has 1 heterocycles. The molecule has 0 aliphatic rings. The topological polar surface area (TPSA) is 84.9 Å². The second-order valence-electron chi connectivity index (χ2n) is 5.17. The fourth-order valence-electron chi connectivity index (χ4n) is 2.30. The van der Waals surface area contributed by atoms with Gasteiger partial charge < -0.3 is 0 Å². The van der Waals surface area contributed by atoms with Crippen molar-refractivity contribution in [1.29, 1.82) is 10.5 Å². The summed E-state index contributed by atoms with van der Waals surface area (Å²) in [6.07, 6.45) is 0.